The Hall–Kier alpha value is -2.61. The number of sulfonamides is 1. The summed E-state index contributed by atoms with van der Waals surface area (Å²) in [5.41, 5.74) is 0.713. The number of nitrogens with one attached hydrogen (secondary N) is 2. The van der Waals surface area contributed by atoms with Gasteiger partial charge in [-0.15, -0.1) is 0 Å². The molecular formula is C18H19N3O4S. The monoisotopic (exact) mass is 373 g/mol. The second-order valence-electron chi connectivity index (χ2n) is 6.63. The van der Waals surface area contributed by atoms with Crippen molar-refractivity contribution in [3.8, 4) is 5.75 Å². The smallest absolute Gasteiger partial charge is 0.263 e. The van der Waals surface area contributed by atoms with Gasteiger partial charge in [0, 0.05) is 23.7 Å². The third-order valence-corrected chi connectivity index (χ3v) is 5.93. The highest BCUT2D eigenvalue weighted by Crippen LogP contribution is 2.39. The zero-order valence-electron chi connectivity index (χ0n) is 14.2. The molecule has 1 saturated carbocycles. The molecule has 2 unspecified atom stereocenters. The lowest BCUT2D eigenvalue weighted by molar-refractivity contribution is -0.128. The van der Waals surface area contributed by atoms with Gasteiger partial charge in [0.25, 0.3) is 15.9 Å². The Morgan fingerprint density at radius 2 is 2.04 bits per heavy atom. The van der Waals surface area contributed by atoms with Gasteiger partial charge in [0.15, 0.2) is 6.10 Å². The first kappa shape index (κ1) is 16.8. The first-order valence-electron chi connectivity index (χ1n) is 8.49. The molecule has 4 rings (SSSR count). The minimum absolute atomic E-state index is 0.112. The zero-order valence-corrected chi connectivity index (χ0v) is 15.0. The molecule has 0 saturated heterocycles. The second kappa shape index (κ2) is 6.28. The Morgan fingerprint density at radius 1 is 1.23 bits per heavy atom. The van der Waals surface area contributed by atoms with Crippen LogP contribution in [0.15, 0.2) is 47.5 Å². The van der Waals surface area contributed by atoms with Crippen LogP contribution in [0, 0.1) is 0 Å². The second-order valence-corrected chi connectivity index (χ2v) is 8.31. The van der Waals surface area contributed by atoms with Crippen LogP contribution in [0.4, 0.5) is 5.82 Å². The first-order chi connectivity index (χ1) is 12.4. The van der Waals surface area contributed by atoms with Gasteiger partial charge in [-0.05, 0) is 43.2 Å². The van der Waals surface area contributed by atoms with E-state index in [1.807, 2.05) is 6.92 Å². The summed E-state index contributed by atoms with van der Waals surface area (Å²) < 4.78 is 33.4. The molecule has 26 heavy (non-hydrogen) atoms. The highest BCUT2D eigenvalue weighted by Gasteiger charge is 2.39. The maximum atomic E-state index is 12.6. The largest absolute Gasteiger partial charge is 0.480 e. The number of amides is 1. The quantitative estimate of drug-likeness (QED) is 0.836. The lowest BCUT2D eigenvalue weighted by Gasteiger charge is -2.14. The molecule has 0 spiro atoms. The van der Waals surface area contributed by atoms with Crippen LogP contribution in [0.2, 0.25) is 0 Å². The number of hydrogen-bond acceptors (Lipinski definition) is 5. The van der Waals surface area contributed by atoms with Gasteiger partial charge >= 0.3 is 0 Å². The van der Waals surface area contributed by atoms with Gasteiger partial charge in [-0.25, -0.2) is 13.4 Å². The van der Waals surface area contributed by atoms with E-state index in [4.69, 9.17) is 4.74 Å². The van der Waals surface area contributed by atoms with Gasteiger partial charge in [0.05, 0.1) is 4.90 Å². The third kappa shape index (κ3) is 3.24. The molecule has 2 aliphatic rings. The summed E-state index contributed by atoms with van der Waals surface area (Å²) in [5.74, 6) is 0.421. The number of anilines is 1. The third-order valence-electron chi connectivity index (χ3n) is 4.58. The number of aromatic nitrogens is 1. The number of carbonyl (C=O) groups is 1. The summed E-state index contributed by atoms with van der Waals surface area (Å²) >= 11 is 0. The summed E-state index contributed by atoms with van der Waals surface area (Å²) in [6.45, 7) is 1.87. The van der Waals surface area contributed by atoms with Crippen molar-refractivity contribution in [2.75, 3.05) is 4.72 Å². The molecule has 1 aromatic heterocycles. The van der Waals surface area contributed by atoms with Crippen molar-refractivity contribution in [3.05, 3.63) is 48.2 Å². The Kier molecular flexibility index (Phi) is 4.07. The van der Waals surface area contributed by atoms with E-state index in [2.05, 4.69) is 15.0 Å². The fourth-order valence-corrected chi connectivity index (χ4v) is 4.01. The van der Waals surface area contributed by atoms with Gasteiger partial charge in [-0.1, -0.05) is 13.0 Å². The van der Waals surface area contributed by atoms with Crippen molar-refractivity contribution in [3.63, 3.8) is 0 Å². The van der Waals surface area contributed by atoms with E-state index in [-0.39, 0.29) is 28.6 Å². The molecule has 1 aromatic carbocycles. The molecular weight excluding hydrogens is 354 g/mol. The van der Waals surface area contributed by atoms with E-state index in [0.29, 0.717) is 11.3 Å². The van der Waals surface area contributed by atoms with Gasteiger partial charge in [0.2, 0.25) is 0 Å². The maximum Gasteiger partial charge on any atom is 0.263 e. The molecule has 1 amide bonds. The summed E-state index contributed by atoms with van der Waals surface area (Å²) in [6, 6.07) is 9.87. The highest BCUT2D eigenvalue weighted by molar-refractivity contribution is 7.92. The standard InChI is InChI=1S/C18H19N3O4S/c1-11-14-10-13(26(23,24)21-16-4-2-3-9-19-16)7-8-15(14)25-17(11)18(22)20-12-5-6-12/h2-4,7-12,17H,5-6H2,1H3,(H,19,21)(H,20,22). The van der Waals surface area contributed by atoms with Crippen molar-refractivity contribution < 1.29 is 17.9 Å². The summed E-state index contributed by atoms with van der Waals surface area (Å²) in [5, 5.41) is 2.94. The minimum Gasteiger partial charge on any atom is -0.480 e. The topological polar surface area (TPSA) is 97.4 Å². The van der Waals surface area contributed by atoms with Crippen molar-refractivity contribution in [1.82, 2.24) is 10.3 Å². The van der Waals surface area contributed by atoms with Crippen LogP contribution in [-0.2, 0) is 14.8 Å². The number of carbonyl (C=O) groups excluding carboxylic acids is 1. The Morgan fingerprint density at radius 3 is 2.73 bits per heavy atom. The van der Waals surface area contributed by atoms with E-state index in [1.165, 1.54) is 12.3 Å². The number of ether oxygens (including phenoxy) is 1. The Labute approximate surface area is 151 Å². The predicted octanol–water partition coefficient (Wildman–Crippen LogP) is 2.03. The van der Waals surface area contributed by atoms with E-state index in [9.17, 15) is 13.2 Å². The molecule has 136 valence electrons. The summed E-state index contributed by atoms with van der Waals surface area (Å²) in [6.07, 6.45) is 2.88. The molecule has 2 atom stereocenters. The van der Waals surface area contributed by atoms with E-state index in [1.54, 1.807) is 30.3 Å². The highest BCUT2D eigenvalue weighted by atomic mass is 32.2. The minimum atomic E-state index is -3.77. The SMILES string of the molecule is CC1c2cc(S(=O)(=O)Nc3ccccn3)ccc2OC1C(=O)NC1CC1. The molecule has 0 radical (unpaired) electrons. The van der Waals surface area contributed by atoms with Crippen LogP contribution < -0.4 is 14.8 Å². The molecule has 2 heterocycles. The van der Waals surface area contributed by atoms with Crippen LogP contribution in [0.1, 0.15) is 31.2 Å². The number of rotatable bonds is 5. The molecule has 0 bridgehead atoms. The maximum absolute atomic E-state index is 12.6. The summed E-state index contributed by atoms with van der Waals surface area (Å²) in [7, 11) is -3.77. The van der Waals surface area contributed by atoms with E-state index >= 15 is 0 Å². The molecule has 1 fully saturated rings. The molecule has 1 aliphatic heterocycles. The van der Waals surface area contributed by atoms with Gasteiger partial charge in [-0.2, -0.15) is 0 Å². The average Bonchev–Trinajstić information content (AvgIpc) is 3.37. The van der Waals surface area contributed by atoms with Crippen molar-refractivity contribution >= 4 is 21.7 Å². The van der Waals surface area contributed by atoms with Crippen LogP contribution in [0.5, 0.6) is 5.75 Å². The van der Waals surface area contributed by atoms with Crippen LogP contribution in [-0.4, -0.2) is 31.5 Å². The molecule has 2 N–H and O–H groups in total. The Bertz CT molecular complexity index is 942. The number of nitrogens with zero attached hydrogens (tertiary/aromatic N) is 1. The number of hydrogen-bond donors (Lipinski definition) is 2. The molecule has 7 nitrogen and oxygen atoms in total. The van der Waals surface area contributed by atoms with Crippen molar-refractivity contribution in [2.45, 2.75) is 42.7 Å². The Balaban J connectivity index is 1.56. The van der Waals surface area contributed by atoms with Crippen LogP contribution in [0.25, 0.3) is 0 Å². The molecule has 8 heteroatoms. The lowest BCUT2D eigenvalue weighted by atomic mass is 9.97. The molecule has 2 aromatic rings. The predicted molar refractivity (Wildman–Crippen MR) is 95.5 cm³/mol. The normalized spacial score (nSPS) is 21.6. The van der Waals surface area contributed by atoms with Crippen molar-refractivity contribution in [1.29, 1.82) is 0 Å². The van der Waals surface area contributed by atoms with E-state index in [0.717, 1.165) is 12.8 Å². The zero-order chi connectivity index (χ0) is 18.3. The van der Waals surface area contributed by atoms with Gasteiger partial charge in [0.1, 0.15) is 11.6 Å². The fraction of sp³-hybridized carbons (Fsp3) is 0.333. The molecule has 1 aliphatic carbocycles. The average molecular weight is 373 g/mol. The van der Waals surface area contributed by atoms with Crippen LogP contribution in [0.3, 0.4) is 0 Å². The van der Waals surface area contributed by atoms with Crippen LogP contribution >= 0.6 is 0 Å². The summed E-state index contributed by atoms with van der Waals surface area (Å²) in [4.78, 5) is 16.4. The van der Waals surface area contributed by atoms with Crippen molar-refractivity contribution in [2.24, 2.45) is 0 Å². The number of fused-ring (bicyclic) bond motifs is 1. The first-order valence-corrected chi connectivity index (χ1v) is 9.97. The van der Waals surface area contributed by atoms with Gasteiger partial charge in [-0.3, -0.25) is 9.52 Å². The van der Waals surface area contributed by atoms with E-state index < -0.39 is 16.1 Å². The van der Waals surface area contributed by atoms with Gasteiger partial charge < -0.3 is 10.1 Å². The fourth-order valence-electron chi connectivity index (χ4n) is 2.97. The lowest BCUT2D eigenvalue weighted by Crippen LogP contribution is -2.39. The number of pyridine rings is 1. The number of benzene rings is 1.